The van der Waals surface area contributed by atoms with Crippen molar-refractivity contribution < 1.29 is 14.4 Å². The monoisotopic (exact) mass is 443 g/mol. The summed E-state index contributed by atoms with van der Waals surface area (Å²) in [6, 6.07) is 11.8. The Bertz CT molecular complexity index is 1270. The first-order chi connectivity index (χ1) is 16.0. The molecule has 1 saturated heterocycles. The van der Waals surface area contributed by atoms with E-state index in [4.69, 9.17) is 0 Å². The molecular weight excluding hydrogens is 418 g/mol. The van der Waals surface area contributed by atoms with Crippen LogP contribution in [0, 0.1) is 5.92 Å². The molecule has 2 saturated carbocycles. The van der Waals surface area contributed by atoms with Crippen LogP contribution in [0.2, 0.25) is 0 Å². The molecule has 6 rings (SSSR count). The van der Waals surface area contributed by atoms with Gasteiger partial charge in [0.25, 0.3) is 0 Å². The van der Waals surface area contributed by atoms with Crippen LogP contribution < -0.4 is 5.32 Å². The van der Waals surface area contributed by atoms with Crippen molar-refractivity contribution in [2.24, 2.45) is 5.92 Å². The van der Waals surface area contributed by atoms with Gasteiger partial charge in [-0.15, -0.1) is 0 Å². The van der Waals surface area contributed by atoms with E-state index in [1.54, 1.807) is 28.0 Å². The van der Waals surface area contributed by atoms with Gasteiger partial charge in [0, 0.05) is 42.7 Å². The summed E-state index contributed by atoms with van der Waals surface area (Å²) in [5.41, 5.74) is 2.25. The summed E-state index contributed by atoms with van der Waals surface area (Å²) in [5.74, 6) is 0.395. The number of hydrogen-bond acceptors (Lipinski definition) is 5. The van der Waals surface area contributed by atoms with Gasteiger partial charge >= 0.3 is 0 Å². The third-order valence-electron chi connectivity index (χ3n) is 7.21. The van der Waals surface area contributed by atoms with Crippen molar-refractivity contribution in [2.45, 2.75) is 56.8 Å². The van der Waals surface area contributed by atoms with E-state index in [0.29, 0.717) is 34.9 Å². The second-order valence-electron chi connectivity index (χ2n) is 9.44. The lowest BCUT2D eigenvalue weighted by molar-refractivity contribution is -0.140. The molecule has 33 heavy (non-hydrogen) atoms. The van der Waals surface area contributed by atoms with Crippen LogP contribution in [0.15, 0.2) is 48.8 Å². The number of fused-ring (bicyclic) bond motifs is 2. The zero-order valence-corrected chi connectivity index (χ0v) is 18.3. The molecule has 3 fully saturated rings. The molecule has 1 N–H and O–H groups in total. The van der Waals surface area contributed by atoms with Crippen LogP contribution >= 0.6 is 0 Å². The summed E-state index contributed by atoms with van der Waals surface area (Å²) in [7, 11) is 0. The quantitative estimate of drug-likeness (QED) is 0.590. The Balaban J connectivity index is 1.18. The Kier molecular flexibility index (Phi) is 4.57. The average Bonchev–Trinajstić information content (AvgIpc) is 3.70. The smallest absolute Gasteiger partial charge is 0.245 e. The number of Topliss-reactive ketones (excluding diaryl/α,β-unsaturated/α-hetero) is 1. The van der Waals surface area contributed by atoms with Gasteiger partial charge in [-0.1, -0.05) is 30.3 Å². The normalized spacial score (nSPS) is 27.3. The molecule has 3 aromatic rings. The fourth-order valence-electron chi connectivity index (χ4n) is 5.36. The van der Waals surface area contributed by atoms with E-state index in [1.165, 1.54) is 12.5 Å². The molecular formula is C25H25N5O3. The fraction of sp³-hybridized carbons (Fsp3) is 0.400. The molecule has 168 valence electrons. The lowest BCUT2D eigenvalue weighted by Crippen LogP contribution is -2.49. The summed E-state index contributed by atoms with van der Waals surface area (Å²) in [6.45, 7) is 1.45. The number of nitrogens with zero attached hydrogens (tertiary/aromatic N) is 4. The molecule has 8 heteroatoms. The molecule has 2 aromatic heterocycles. The topological polar surface area (TPSA) is 97.2 Å². The molecule has 8 nitrogen and oxygen atoms in total. The van der Waals surface area contributed by atoms with Crippen LogP contribution in [-0.2, 0) is 16.1 Å². The number of likely N-dealkylation sites (tertiary alicyclic amines) is 1. The molecule has 1 aliphatic heterocycles. The number of benzene rings is 1. The molecule has 2 amide bonds. The number of carbonyl (C=O) groups excluding carboxylic acids is 3. The number of nitrogens with one attached hydrogen (secondary N) is 1. The van der Waals surface area contributed by atoms with Crippen molar-refractivity contribution in [3.8, 4) is 0 Å². The molecule has 1 aromatic carbocycles. The van der Waals surface area contributed by atoms with Crippen LogP contribution in [-0.4, -0.2) is 55.4 Å². The molecule has 3 heterocycles. The molecule has 0 unspecified atom stereocenters. The fourth-order valence-corrected chi connectivity index (χ4v) is 5.36. The highest BCUT2D eigenvalue weighted by Crippen LogP contribution is 2.48. The van der Waals surface area contributed by atoms with Gasteiger partial charge < -0.3 is 10.2 Å². The van der Waals surface area contributed by atoms with Crippen molar-refractivity contribution in [3.63, 3.8) is 0 Å². The summed E-state index contributed by atoms with van der Waals surface area (Å²) in [6.07, 6.45) is 5.82. The Morgan fingerprint density at radius 3 is 2.70 bits per heavy atom. The Labute approximate surface area is 191 Å². The molecule has 0 bridgehead atoms. The van der Waals surface area contributed by atoms with Gasteiger partial charge in [0.05, 0.1) is 5.52 Å². The van der Waals surface area contributed by atoms with Crippen LogP contribution in [0.4, 0.5) is 0 Å². The highest BCUT2D eigenvalue weighted by atomic mass is 16.2. The number of hydrogen-bond donors (Lipinski definition) is 1. The van der Waals surface area contributed by atoms with Crippen molar-refractivity contribution in [1.82, 2.24) is 25.0 Å². The van der Waals surface area contributed by atoms with E-state index < -0.39 is 6.04 Å². The van der Waals surface area contributed by atoms with Crippen LogP contribution in [0.5, 0.6) is 0 Å². The Morgan fingerprint density at radius 1 is 1.09 bits per heavy atom. The number of aromatic nitrogens is 3. The third-order valence-corrected chi connectivity index (χ3v) is 7.21. The highest BCUT2D eigenvalue weighted by Gasteiger charge is 2.56. The summed E-state index contributed by atoms with van der Waals surface area (Å²) in [4.78, 5) is 44.3. The minimum absolute atomic E-state index is 0.00311. The summed E-state index contributed by atoms with van der Waals surface area (Å²) in [5, 5.41) is 8.20. The third kappa shape index (κ3) is 3.50. The number of rotatable bonds is 6. The minimum atomic E-state index is -0.436. The van der Waals surface area contributed by atoms with Crippen molar-refractivity contribution in [1.29, 1.82) is 0 Å². The van der Waals surface area contributed by atoms with Gasteiger partial charge in [-0.2, -0.15) is 5.10 Å². The van der Waals surface area contributed by atoms with Gasteiger partial charge in [-0.25, -0.2) is 0 Å². The molecule has 0 spiro atoms. The van der Waals surface area contributed by atoms with E-state index in [-0.39, 0.29) is 36.2 Å². The van der Waals surface area contributed by atoms with E-state index >= 15 is 0 Å². The lowest BCUT2D eigenvalue weighted by atomic mass is 10.1. The number of piperidine rings is 1. The Morgan fingerprint density at radius 2 is 1.91 bits per heavy atom. The minimum Gasteiger partial charge on any atom is -0.351 e. The number of amides is 2. The lowest BCUT2D eigenvalue weighted by Gasteiger charge is -2.27. The molecule has 2 aliphatic carbocycles. The average molecular weight is 444 g/mol. The van der Waals surface area contributed by atoms with Gasteiger partial charge in [0.15, 0.2) is 5.78 Å². The maximum Gasteiger partial charge on any atom is 0.245 e. The largest absolute Gasteiger partial charge is 0.351 e. The van der Waals surface area contributed by atoms with Gasteiger partial charge in [-0.3, -0.25) is 24.0 Å². The number of carbonyl (C=O) groups is 3. The zero-order chi connectivity index (χ0) is 22.7. The second kappa shape index (κ2) is 7.50. The predicted octanol–water partition coefficient (Wildman–Crippen LogP) is 2.30. The highest BCUT2D eigenvalue weighted by molar-refractivity contribution is 6.04. The van der Waals surface area contributed by atoms with Gasteiger partial charge in [-0.05, 0) is 36.8 Å². The molecule has 0 radical (unpaired) electrons. The van der Waals surface area contributed by atoms with Crippen LogP contribution in [0.3, 0.4) is 0 Å². The SMILES string of the molecule is CC(=O)c1nn(CC(=O)N2[C@@H]3C[C@@H]3C[C@H]2C(=O)N[C@@H]2C[C@H]2c2ccccc2)c2ccncc12. The standard InChI is InChI=1S/C25H25N5O3/c1-14(31)24-18-12-26-8-7-20(18)29(28-24)13-23(32)30-21-9-16(21)10-22(30)25(33)27-19-11-17(19)15-5-3-2-4-6-15/h2-8,12,16-17,19,21-22H,9-11,13H2,1H3,(H,27,33)/t16-,17+,19-,21-,22+/m1/s1. The predicted molar refractivity (Wildman–Crippen MR) is 120 cm³/mol. The van der Waals surface area contributed by atoms with Crippen LogP contribution in [0.1, 0.15) is 48.2 Å². The molecule has 5 atom stereocenters. The first-order valence-electron chi connectivity index (χ1n) is 11.5. The first kappa shape index (κ1) is 20.1. The van der Waals surface area contributed by atoms with E-state index in [1.807, 2.05) is 18.2 Å². The van der Waals surface area contributed by atoms with Gasteiger partial charge in [0.2, 0.25) is 11.8 Å². The number of ketones is 1. The summed E-state index contributed by atoms with van der Waals surface area (Å²) >= 11 is 0. The maximum absolute atomic E-state index is 13.4. The maximum atomic E-state index is 13.4. The second-order valence-corrected chi connectivity index (χ2v) is 9.44. The zero-order valence-electron chi connectivity index (χ0n) is 18.3. The van der Waals surface area contributed by atoms with Crippen molar-refractivity contribution in [2.75, 3.05) is 0 Å². The molecule has 3 aliphatic rings. The van der Waals surface area contributed by atoms with Crippen molar-refractivity contribution in [3.05, 3.63) is 60.0 Å². The first-order valence-corrected chi connectivity index (χ1v) is 11.5. The van der Waals surface area contributed by atoms with E-state index in [0.717, 1.165) is 12.8 Å². The number of pyridine rings is 1. The summed E-state index contributed by atoms with van der Waals surface area (Å²) < 4.78 is 1.56. The van der Waals surface area contributed by atoms with Gasteiger partial charge in [0.1, 0.15) is 18.3 Å². The van der Waals surface area contributed by atoms with E-state index in [9.17, 15) is 14.4 Å². The van der Waals surface area contributed by atoms with Crippen LogP contribution in [0.25, 0.3) is 10.9 Å². The Hall–Kier alpha value is -3.55. The van der Waals surface area contributed by atoms with E-state index in [2.05, 4.69) is 27.5 Å². The van der Waals surface area contributed by atoms with Crippen molar-refractivity contribution >= 4 is 28.5 Å².